The molecule has 0 radical (unpaired) electrons. The molecule has 92 valence electrons. The minimum Gasteiger partial charge on any atom is -0.370 e. The van der Waals surface area contributed by atoms with Crippen LogP contribution in [0, 0.1) is 11.8 Å². The highest BCUT2D eigenvalue weighted by Crippen LogP contribution is 2.31. The molecule has 0 aromatic carbocycles. The van der Waals surface area contributed by atoms with Gasteiger partial charge < -0.3 is 5.32 Å². The van der Waals surface area contributed by atoms with E-state index in [-0.39, 0.29) is 0 Å². The first-order valence-corrected chi connectivity index (χ1v) is 7.05. The van der Waals surface area contributed by atoms with Crippen molar-refractivity contribution in [1.29, 1.82) is 0 Å². The number of nitrogens with one attached hydrogen (secondary N) is 1. The summed E-state index contributed by atoms with van der Waals surface area (Å²) >= 11 is 0. The van der Waals surface area contributed by atoms with Crippen LogP contribution in [0.4, 0.5) is 5.82 Å². The maximum Gasteiger partial charge on any atom is 0.126 e. The number of rotatable bonds is 3. The zero-order valence-electron chi connectivity index (χ0n) is 10.7. The molecule has 0 spiro atoms. The Kier molecular flexibility index (Phi) is 3.04. The number of hydrogen-bond acceptors (Lipinski definition) is 2. The molecule has 1 fully saturated rings. The second-order valence-electron chi connectivity index (χ2n) is 5.71. The van der Waals surface area contributed by atoms with Crippen LogP contribution >= 0.6 is 0 Å². The van der Waals surface area contributed by atoms with Crippen LogP contribution in [0.15, 0.2) is 12.1 Å². The van der Waals surface area contributed by atoms with Gasteiger partial charge in [-0.1, -0.05) is 25.8 Å². The molecule has 2 atom stereocenters. The van der Waals surface area contributed by atoms with E-state index >= 15 is 0 Å². The lowest BCUT2D eigenvalue weighted by Gasteiger charge is -2.16. The second kappa shape index (κ2) is 4.67. The molecular weight excluding hydrogens is 208 g/mol. The molecule has 0 saturated heterocycles. The van der Waals surface area contributed by atoms with E-state index in [2.05, 4.69) is 24.4 Å². The van der Waals surface area contributed by atoms with Gasteiger partial charge in [0.25, 0.3) is 0 Å². The Morgan fingerprint density at radius 1 is 1.24 bits per heavy atom. The summed E-state index contributed by atoms with van der Waals surface area (Å²) in [5.41, 5.74) is 2.79. The number of aromatic nitrogens is 1. The van der Waals surface area contributed by atoms with Gasteiger partial charge in [-0.25, -0.2) is 4.98 Å². The van der Waals surface area contributed by atoms with Crippen LogP contribution in [0.3, 0.4) is 0 Å². The zero-order chi connectivity index (χ0) is 11.7. The Labute approximate surface area is 104 Å². The Morgan fingerprint density at radius 2 is 2.18 bits per heavy atom. The van der Waals surface area contributed by atoms with E-state index in [4.69, 9.17) is 4.98 Å². The molecular formula is C15H22N2. The van der Waals surface area contributed by atoms with Gasteiger partial charge in [0.2, 0.25) is 0 Å². The number of aryl methyl sites for hydroxylation is 2. The molecule has 2 unspecified atom stereocenters. The molecule has 2 aliphatic carbocycles. The van der Waals surface area contributed by atoms with Gasteiger partial charge in [-0.3, -0.25) is 0 Å². The first kappa shape index (κ1) is 11.1. The van der Waals surface area contributed by atoms with Crippen LogP contribution in [0.2, 0.25) is 0 Å². The first-order chi connectivity index (χ1) is 8.33. The Hall–Kier alpha value is -1.05. The molecule has 1 aromatic heterocycles. The van der Waals surface area contributed by atoms with Crippen molar-refractivity contribution in [2.45, 2.75) is 45.4 Å². The molecule has 1 aromatic rings. The third-order valence-corrected chi connectivity index (χ3v) is 4.51. The molecule has 0 amide bonds. The summed E-state index contributed by atoms with van der Waals surface area (Å²) < 4.78 is 0. The van der Waals surface area contributed by atoms with E-state index in [0.29, 0.717) is 0 Å². The Balaban J connectivity index is 1.61. The first-order valence-electron chi connectivity index (χ1n) is 7.05. The summed E-state index contributed by atoms with van der Waals surface area (Å²) in [6.45, 7) is 3.49. The van der Waals surface area contributed by atoms with Crippen molar-refractivity contribution in [1.82, 2.24) is 4.98 Å². The molecule has 2 aliphatic rings. The molecule has 0 aliphatic heterocycles. The third-order valence-electron chi connectivity index (χ3n) is 4.51. The zero-order valence-corrected chi connectivity index (χ0v) is 10.7. The van der Waals surface area contributed by atoms with E-state index in [1.807, 2.05) is 0 Å². The number of hydrogen-bond donors (Lipinski definition) is 1. The lowest BCUT2D eigenvalue weighted by atomic mass is 9.98. The van der Waals surface area contributed by atoms with Crippen molar-refractivity contribution in [3.05, 3.63) is 23.4 Å². The van der Waals surface area contributed by atoms with Gasteiger partial charge in [0.05, 0.1) is 0 Å². The van der Waals surface area contributed by atoms with Crippen molar-refractivity contribution in [3.8, 4) is 0 Å². The number of anilines is 1. The predicted molar refractivity (Wildman–Crippen MR) is 71.3 cm³/mol. The van der Waals surface area contributed by atoms with Gasteiger partial charge in [0, 0.05) is 12.2 Å². The van der Waals surface area contributed by atoms with Crippen molar-refractivity contribution in [2.24, 2.45) is 11.8 Å². The molecule has 1 N–H and O–H groups in total. The van der Waals surface area contributed by atoms with Crippen LogP contribution < -0.4 is 5.32 Å². The number of fused-ring (bicyclic) bond motifs is 1. The standard InChI is InChI=1S/C15H22N2/c1-11-4-2-6-13(11)10-16-15-9-8-12-5-3-7-14(12)17-15/h8-9,11,13H,2-7,10H2,1H3,(H,16,17). The Bertz CT molecular complexity index is 400. The van der Waals surface area contributed by atoms with Crippen LogP contribution in [0.5, 0.6) is 0 Å². The highest BCUT2D eigenvalue weighted by atomic mass is 15.0. The molecule has 17 heavy (non-hydrogen) atoms. The summed E-state index contributed by atoms with van der Waals surface area (Å²) in [5.74, 6) is 2.83. The highest BCUT2D eigenvalue weighted by Gasteiger charge is 2.23. The SMILES string of the molecule is CC1CCCC1CNc1ccc2c(n1)CCC2. The maximum atomic E-state index is 4.73. The van der Waals surface area contributed by atoms with Crippen LogP contribution in [0.1, 0.15) is 43.9 Å². The van der Waals surface area contributed by atoms with Crippen molar-refractivity contribution in [3.63, 3.8) is 0 Å². The fourth-order valence-corrected chi connectivity index (χ4v) is 3.28. The fourth-order valence-electron chi connectivity index (χ4n) is 3.28. The molecule has 0 bridgehead atoms. The minimum atomic E-state index is 0.852. The molecule has 1 heterocycles. The average Bonchev–Trinajstić information content (AvgIpc) is 2.94. The third kappa shape index (κ3) is 2.31. The number of nitrogens with zero attached hydrogens (tertiary/aromatic N) is 1. The van der Waals surface area contributed by atoms with Gasteiger partial charge in [-0.05, 0) is 49.1 Å². The Morgan fingerprint density at radius 3 is 3.00 bits per heavy atom. The van der Waals surface area contributed by atoms with E-state index in [1.54, 1.807) is 0 Å². The van der Waals surface area contributed by atoms with Crippen LogP contribution in [-0.4, -0.2) is 11.5 Å². The van der Waals surface area contributed by atoms with Crippen molar-refractivity contribution < 1.29 is 0 Å². The van der Waals surface area contributed by atoms with E-state index in [9.17, 15) is 0 Å². The van der Waals surface area contributed by atoms with Crippen molar-refractivity contribution in [2.75, 3.05) is 11.9 Å². The normalized spacial score (nSPS) is 27.1. The quantitative estimate of drug-likeness (QED) is 0.860. The summed E-state index contributed by atoms with van der Waals surface area (Å²) in [7, 11) is 0. The average molecular weight is 230 g/mol. The summed E-state index contributed by atoms with van der Waals surface area (Å²) in [6.07, 6.45) is 7.88. The number of pyridine rings is 1. The van der Waals surface area contributed by atoms with Crippen LogP contribution in [0.25, 0.3) is 0 Å². The lowest BCUT2D eigenvalue weighted by molar-refractivity contribution is 0.439. The maximum absolute atomic E-state index is 4.73. The highest BCUT2D eigenvalue weighted by molar-refractivity contribution is 5.40. The van der Waals surface area contributed by atoms with E-state index < -0.39 is 0 Å². The van der Waals surface area contributed by atoms with E-state index in [0.717, 1.165) is 24.2 Å². The van der Waals surface area contributed by atoms with Crippen LogP contribution in [-0.2, 0) is 12.8 Å². The summed E-state index contributed by atoms with van der Waals surface area (Å²) in [4.78, 5) is 4.73. The van der Waals surface area contributed by atoms with Gasteiger partial charge in [0.1, 0.15) is 5.82 Å². The second-order valence-corrected chi connectivity index (χ2v) is 5.71. The molecule has 2 nitrogen and oxygen atoms in total. The topological polar surface area (TPSA) is 24.9 Å². The van der Waals surface area contributed by atoms with Crippen molar-refractivity contribution >= 4 is 5.82 Å². The fraction of sp³-hybridized carbons (Fsp3) is 0.667. The largest absolute Gasteiger partial charge is 0.370 e. The molecule has 3 rings (SSSR count). The predicted octanol–water partition coefficient (Wildman–Crippen LogP) is 3.42. The molecule has 1 saturated carbocycles. The lowest BCUT2D eigenvalue weighted by Crippen LogP contribution is -2.17. The van der Waals surface area contributed by atoms with Gasteiger partial charge in [-0.15, -0.1) is 0 Å². The smallest absolute Gasteiger partial charge is 0.126 e. The van der Waals surface area contributed by atoms with Gasteiger partial charge >= 0.3 is 0 Å². The minimum absolute atomic E-state index is 0.852. The monoisotopic (exact) mass is 230 g/mol. The van der Waals surface area contributed by atoms with Gasteiger partial charge in [-0.2, -0.15) is 0 Å². The summed E-state index contributed by atoms with van der Waals surface area (Å²) in [6, 6.07) is 4.42. The van der Waals surface area contributed by atoms with Gasteiger partial charge in [0.15, 0.2) is 0 Å². The van der Waals surface area contributed by atoms with E-state index in [1.165, 1.54) is 49.8 Å². The molecule has 2 heteroatoms. The summed E-state index contributed by atoms with van der Waals surface area (Å²) in [5, 5.41) is 3.54.